The Bertz CT molecular complexity index is 461. The molecule has 90 valence electrons. The molecule has 0 atom stereocenters. The fourth-order valence-electron chi connectivity index (χ4n) is 1.17. The van der Waals surface area contributed by atoms with Gasteiger partial charge in [0.1, 0.15) is 5.56 Å². The maximum atomic E-state index is 12.6. The van der Waals surface area contributed by atoms with Crippen LogP contribution in [-0.2, 0) is 6.18 Å². The van der Waals surface area contributed by atoms with E-state index in [4.69, 9.17) is 5.26 Å². The molecule has 0 amide bonds. The highest BCUT2D eigenvalue weighted by Gasteiger charge is 2.35. The monoisotopic (exact) mass is 242 g/mol. The Labute approximate surface area is 96.2 Å². The Morgan fingerprint density at radius 1 is 1.53 bits per heavy atom. The van der Waals surface area contributed by atoms with Crippen molar-refractivity contribution in [2.75, 3.05) is 7.11 Å². The molecular formula is C11H9F3N2O. The predicted molar refractivity (Wildman–Crippen MR) is 55.1 cm³/mol. The Hall–Kier alpha value is -2.03. The molecule has 0 bridgehead atoms. The number of aromatic nitrogens is 1. The fourth-order valence-corrected chi connectivity index (χ4v) is 1.17. The van der Waals surface area contributed by atoms with Gasteiger partial charge in [0, 0.05) is 6.20 Å². The summed E-state index contributed by atoms with van der Waals surface area (Å²) in [6, 6.07) is 2.78. The number of ether oxygens (including phenoxy) is 1. The minimum Gasteiger partial charge on any atom is -0.481 e. The van der Waals surface area contributed by atoms with Crippen LogP contribution in [0.2, 0.25) is 0 Å². The van der Waals surface area contributed by atoms with Crippen molar-refractivity contribution < 1.29 is 17.9 Å². The van der Waals surface area contributed by atoms with Gasteiger partial charge in [-0.2, -0.15) is 18.4 Å². The fraction of sp³-hybridized carbons (Fsp3) is 0.273. The van der Waals surface area contributed by atoms with Crippen LogP contribution in [-0.4, -0.2) is 12.1 Å². The maximum absolute atomic E-state index is 12.6. The van der Waals surface area contributed by atoms with Crippen molar-refractivity contribution in [3.63, 3.8) is 0 Å². The van der Waals surface area contributed by atoms with Gasteiger partial charge in [-0.15, -0.1) is 0 Å². The molecule has 1 aromatic heterocycles. The first-order valence-corrected chi connectivity index (χ1v) is 4.63. The number of halogens is 3. The maximum Gasteiger partial charge on any atom is 0.421 e. The molecule has 0 aliphatic heterocycles. The average molecular weight is 242 g/mol. The van der Waals surface area contributed by atoms with Gasteiger partial charge in [0.2, 0.25) is 5.88 Å². The summed E-state index contributed by atoms with van der Waals surface area (Å²) in [4.78, 5) is 3.57. The van der Waals surface area contributed by atoms with Crippen LogP contribution in [0.5, 0.6) is 5.88 Å². The van der Waals surface area contributed by atoms with Crippen LogP contribution in [0.1, 0.15) is 17.5 Å². The van der Waals surface area contributed by atoms with Crippen molar-refractivity contribution in [3.8, 4) is 11.9 Å². The number of methoxy groups -OCH3 is 1. The Morgan fingerprint density at radius 2 is 2.24 bits per heavy atom. The summed E-state index contributed by atoms with van der Waals surface area (Å²) in [5, 5.41) is 8.29. The number of rotatable bonds is 3. The quantitative estimate of drug-likeness (QED) is 0.818. The second-order valence-electron chi connectivity index (χ2n) is 3.09. The highest BCUT2D eigenvalue weighted by molar-refractivity contribution is 5.51. The third kappa shape index (κ3) is 3.48. The summed E-state index contributed by atoms with van der Waals surface area (Å²) in [6.07, 6.45) is -0.263. The van der Waals surface area contributed by atoms with E-state index >= 15 is 0 Å². The zero-order valence-electron chi connectivity index (χ0n) is 8.95. The van der Waals surface area contributed by atoms with Crippen LogP contribution >= 0.6 is 0 Å². The summed E-state index contributed by atoms with van der Waals surface area (Å²) >= 11 is 0. The van der Waals surface area contributed by atoms with E-state index in [1.165, 1.54) is 18.3 Å². The highest BCUT2D eigenvalue weighted by atomic mass is 19.4. The molecule has 0 fully saturated rings. The van der Waals surface area contributed by atoms with E-state index in [0.29, 0.717) is 0 Å². The van der Waals surface area contributed by atoms with E-state index in [0.717, 1.165) is 13.2 Å². The first-order valence-electron chi connectivity index (χ1n) is 4.63. The third-order valence-corrected chi connectivity index (χ3v) is 1.89. The van der Waals surface area contributed by atoms with Crippen LogP contribution in [0.25, 0.3) is 6.08 Å². The second kappa shape index (κ2) is 5.34. The highest BCUT2D eigenvalue weighted by Crippen LogP contribution is 2.35. The molecule has 0 saturated carbocycles. The zero-order chi connectivity index (χ0) is 12.9. The Kier molecular flexibility index (Phi) is 4.10. The minimum absolute atomic E-state index is 0.132. The average Bonchev–Trinajstić information content (AvgIpc) is 2.28. The molecule has 3 nitrogen and oxygen atoms in total. The molecule has 1 rings (SSSR count). The molecule has 0 N–H and O–H groups in total. The second-order valence-corrected chi connectivity index (χ2v) is 3.09. The topological polar surface area (TPSA) is 45.9 Å². The van der Waals surface area contributed by atoms with Crippen molar-refractivity contribution in [3.05, 3.63) is 29.5 Å². The van der Waals surface area contributed by atoms with Crippen molar-refractivity contribution in [1.29, 1.82) is 5.26 Å². The third-order valence-electron chi connectivity index (χ3n) is 1.89. The lowest BCUT2D eigenvalue weighted by Crippen LogP contribution is -2.09. The smallest absolute Gasteiger partial charge is 0.421 e. The molecule has 0 aliphatic carbocycles. The van der Waals surface area contributed by atoms with Gasteiger partial charge in [0.05, 0.1) is 19.6 Å². The standard InChI is InChI=1S/C11H9F3N2O/c1-17-10-9(11(12,13)14)6-8(7-16-10)4-2-3-5-15/h2,4,6-7H,3H2,1H3. The van der Waals surface area contributed by atoms with E-state index in [-0.39, 0.29) is 12.0 Å². The van der Waals surface area contributed by atoms with E-state index in [1.54, 1.807) is 0 Å². The molecule has 0 unspecified atom stereocenters. The number of alkyl halides is 3. The van der Waals surface area contributed by atoms with Gasteiger partial charge in [-0.1, -0.05) is 12.2 Å². The van der Waals surface area contributed by atoms with Gasteiger partial charge >= 0.3 is 6.18 Å². The van der Waals surface area contributed by atoms with Gasteiger partial charge in [0.15, 0.2) is 0 Å². The molecule has 0 aliphatic rings. The number of nitriles is 1. The largest absolute Gasteiger partial charge is 0.481 e. The lowest BCUT2D eigenvalue weighted by atomic mass is 10.1. The van der Waals surface area contributed by atoms with Crippen LogP contribution in [0, 0.1) is 11.3 Å². The summed E-state index contributed by atoms with van der Waals surface area (Å²) in [5.41, 5.74) is -0.660. The summed E-state index contributed by atoms with van der Waals surface area (Å²) in [5.74, 6) is -0.463. The zero-order valence-corrected chi connectivity index (χ0v) is 8.95. The normalized spacial score (nSPS) is 11.5. The van der Waals surface area contributed by atoms with Gasteiger partial charge in [-0.25, -0.2) is 4.98 Å². The lowest BCUT2D eigenvalue weighted by Gasteiger charge is -2.11. The van der Waals surface area contributed by atoms with Crippen molar-refractivity contribution in [2.24, 2.45) is 0 Å². The molecule has 1 aromatic rings. The molecule has 6 heteroatoms. The van der Waals surface area contributed by atoms with Crippen LogP contribution < -0.4 is 4.74 Å². The molecule has 1 heterocycles. The number of hydrogen-bond donors (Lipinski definition) is 0. The van der Waals surface area contributed by atoms with Crippen molar-refractivity contribution in [1.82, 2.24) is 4.98 Å². The molecule has 0 spiro atoms. The number of hydrogen-bond acceptors (Lipinski definition) is 3. The first-order chi connectivity index (χ1) is 7.99. The molecule has 0 aromatic carbocycles. The van der Waals surface area contributed by atoms with Gasteiger partial charge in [-0.3, -0.25) is 0 Å². The van der Waals surface area contributed by atoms with E-state index in [9.17, 15) is 13.2 Å². The van der Waals surface area contributed by atoms with Gasteiger partial charge in [-0.05, 0) is 11.6 Å². The van der Waals surface area contributed by atoms with Gasteiger partial charge < -0.3 is 4.74 Å². The predicted octanol–water partition coefficient (Wildman–Crippen LogP) is 3.04. The van der Waals surface area contributed by atoms with Crippen LogP contribution in [0.3, 0.4) is 0 Å². The minimum atomic E-state index is -4.52. The molecule has 17 heavy (non-hydrogen) atoms. The molecule has 0 saturated heterocycles. The van der Waals surface area contributed by atoms with Crippen LogP contribution in [0.15, 0.2) is 18.3 Å². The van der Waals surface area contributed by atoms with E-state index < -0.39 is 17.6 Å². The van der Waals surface area contributed by atoms with Gasteiger partial charge in [0.25, 0.3) is 0 Å². The van der Waals surface area contributed by atoms with Crippen molar-refractivity contribution in [2.45, 2.75) is 12.6 Å². The molecular weight excluding hydrogens is 233 g/mol. The Morgan fingerprint density at radius 3 is 2.76 bits per heavy atom. The lowest BCUT2D eigenvalue weighted by molar-refractivity contribution is -0.139. The Balaban J connectivity index is 3.10. The summed E-state index contributed by atoms with van der Waals surface area (Å²) in [7, 11) is 1.13. The number of allylic oxidation sites excluding steroid dienone is 1. The number of nitrogens with zero attached hydrogens (tertiary/aromatic N) is 2. The summed E-state index contributed by atoms with van der Waals surface area (Å²) < 4.78 is 42.4. The number of pyridine rings is 1. The van der Waals surface area contributed by atoms with E-state index in [2.05, 4.69) is 9.72 Å². The first kappa shape index (κ1) is 13.0. The SMILES string of the molecule is COc1ncc(C=CCC#N)cc1C(F)(F)F. The van der Waals surface area contributed by atoms with Crippen LogP contribution in [0.4, 0.5) is 13.2 Å². The summed E-state index contributed by atoms with van der Waals surface area (Å²) in [6.45, 7) is 0. The molecule has 0 radical (unpaired) electrons. The van der Waals surface area contributed by atoms with Crippen molar-refractivity contribution >= 4 is 6.08 Å². The van der Waals surface area contributed by atoms with E-state index in [1.807, 2.05) is 6.07 Å².